The minimum Gasteiger partial charge on any atom is -0.412 e. The van der Waals surface area contributed by atoms with Crippen molar-refractivity contribution >= 4 is 159 Å². The van der Waals surface area contributed by atoms with Gasteiger partial charge in [-0.3, -0.25) is 0 Å². The van der Waals surface area contributed by atoms with Gasteiger partial charge in [-0.25, -0.2) is 4.57 Å². The van der Waals surface area contributed by atoms with Gasteiger partial charge in [-0.2, -0.15) is 0 Å². The van der Waals surface area contributed by atoms with Crippen LogP contribution in [0.25, 0.3) is 0 Å². The van der Waals surface area contributed by atoms with Gasteiger partial charge in [0, 0.05) is 0 Å². The Morgan fingerprint density at radius 1 is 0.800 bits per heavy atom. The van der Waals surface area contributed by atoms with E-state index < -0.39 is 7.82 Å². The van der Waals surface area contributed by atoms with Crippen molar-refractivity contribution in [3.05, 3.63) is 0 Å². The summed E-state index contributed by atoms with van der Waals surface area (Å²) < 4.78 is 8.88. The Kier molecular flexibility index (Phi) is 71.2. The van der Waals surface area contributed by atoms with E-state index in [0.29, 0.717) is 0 Å². The molecule has 0 saturated carbocycles. The van der Waals surface area contributed by atoms with Crippen molar-refractivity contribution in [1.29, 1.82) is 0 Å². The van der Waals surface area contributed by atoms with Crippen molar-refractivity contribution in [3.63, 3.8) is 0 Å². The molecule has 0 aliphatic heterocycles. The van der Waals surface area contributed by atoms with Crippen LogP contribution in [-0.4, -0.2) is 171 Å². The first kappa shape index (κ1) is 36.2. The Morgan fingerprint density at radius 3 is 0.800 bits per heavy atom. The third-order valence-electron chi connectivity index (χ3n) is 0. The van der Waals surface area contributed by atoms with Crippen LogP contribution in [0.4, 0.5) is 0 Å². The number of hydrogen-bond acceptors (Lipinski definition) is 1. The molecule has 5 nitrogen and oxygen atoms in total. The van der Waals surface area contributed by atoms with Gasteiger partial charge in [-0.15, -0.1) is 0 Å². The van der Waals surface area contributed by atoms with E-state index in [1.807, 2.05) is 0 Å². The Balaban J connectivity index is -0.00000000800. The fourth-order valence-electron chi connectivity index (χ4n) is 0. The maximum absolute atomic E-state index is 8.88. The van der Waals surface area contributed by atoms with Crippen molar-refractivity contribution in [2.45, 2.75) is 0 Å². The molecule has 0 bridgehead atoms. The standard InChI is InChI=1S/4Ca.H3O4P.H2O/c;;;;1-5(2,3)4;/h;;;;(H3,1,2,3,4);1H2/q4*+2;;. The average Bonchev–Trinajstić information content (AvgIpc) is 0.722. The van der Waals surface area contributed by atoms with Gasteiger partial charge in [0.15, 0.2) is 0 Å². The largest absolute Gasteiger partial charge is 2.00 e. The summed E-state index contributed by atoms with van der Waals surface area (Å²) >= 11 is 0. The Morgan fingerprint density at radius 2 is 0.800 bits per heavy atom. The second-order valence-corrected chi connectivity index (χ2v) is 1.54. The van der Waals surface area contributed by atoms with E-state index in [1.165, 1.54) is 0 Å². The molecule has 40 valence electrons. The minimum atomic E-state index is -4.64. The quantitative estimate of drug-likeness (QED) is 0.318. The summed E-state index contributed by atoms with van der Waals surface area (Å²) in [5.74, 6) is 0. The molecule has 0 spiro atoms. The summed E-state index contributed by atoms with van der Waals surface area (Å²) in [5, 5.41) is 0. The smallest absolute Gasteiger partial charge is 0.412 e. The van der Waals surface area contributed by atoms with Gasteiger partial charge in [-0.1, -0.05) is 0 Å². The number of hydrogen-bond donors (Lipinski definition) is 3. The first-order valence-electron chi connectivity index (χ1n) is 0.783. The topological polar surface area (TPSA) is 109 Å². The molecule has 0 rings (SSSR count). The Bertz CT molecular complexity index is 59.8. The van der Waals surface area contributed by atoms with E-state index in [2.05, 4.69) is 0 Å². The predicted molar refractivity (Wildman–Crippen MR) is 40.9 cm³/mol. The summed E-state index contributed by atoms with van der Waals surface area (Å²) in [5.41, 5.74) is 0. The third-order valence-corrected chi connectivity index (χ3v) is 0. The van der Waals surface area contributed by atoms with E-state index >= 15 is 0 Å². The van der Waals surface area contributed by atoms with Crippen LogP contribution in [0, 0.1) is 0 Å². The minimum absolute atomic E-state index is 0. The summed E-state index contributed by atoms with van der Waals surface area (Å²) in [6, 6.07) is 0. The molecular weight excluding hydrogens is 271 g/mol. The fraction of sp³-hybridized carbons (Fsp3) is 0. The molecule has 0 aromatic carbocycles. The molecule has 0 aliphatic carbocycles. The number of phosphoric acid groups is 1. The van der Waals surface area contributed by atoms with E-state index in [0.717, 1.165) is 0 Å². The molecule has 0 fully saturated rings. The first-order valence-corrected chi connectivity index (χ1v) is 2.35. The zero-order valence-corrected chi connectivity index (χ0v) is 15.3. The van der Waals surface area contributed by atoms with E-state index in [9.17, 15) is 0 Å². The summed E-state index contributed by atoms with van der Waals surface area (Å²) in [6.45, 7) is 0. The van der Waals surface area contributed by atoms with Crippen LogP contribution in [0.15, 0.2) is 0 Å². The van der Waals surface area contributed by atoms with Gasteiger partial charge in [0.05, 0.1) is 0 Å². The van der Waals surface area contributed by atoms with Gasteiger partial charge in [0.2, 0.25) is 0 Å². The molecule has 0 aliphatic rings. The predicted octanol–water partition coefficient (Wildman–Crippen LogP) is -3.28. The zero-order valence-electron chi connectivity index (χ0n) is 5.53. The molecule has 0 amide bonds. The van der Waals surface area contributed by atoms with Gasteiger partial charge >= 0.3 is 159 Å². The van der Waals surface area contributed by atoms with Gasteiger partial charge in [-0.05, 0) is 0 Å². The maximum atomic E-state index is 8.88. The Hall–Kier alpha value is 5.11. The third kappa shape index (κ3) is 73.6. The molecule has 5 N–H and O–H groups in total. The van der Waals surface area contributed by atoms with Crippen molar-refractivity contribution in [2.75, 3.05) is 0 Å². The zero-order chi connectivity index (χ0) is 4.50. The molecule has 0 unspecified atom stereocenters. The molecule has 0 aromatic heterocycles. The maximum Gasteiger partial charge on any atom is 2.00 e. The van der Waals surface area contributed by atoms with E-state index in [1.54, 1.807) is 0 Å². The molecule has 0 radical (unpaired) electrons. The Labute approximate surface area is 178 Å². The molecule has 0 saturated heterocycles. The van der Waals surface area contributed by atoms with Gasteiger partial charge in [0.25, 0.3) is 0 Å². The monoisotopic (exact) mass is 276 g/mol. The molecular formula is H5Ca4O5P+8. The van der Waals surface area contributed by atoms with Crippen molar-refractivity contribution in [2.24, 2.45) is 0 Å². The summed E-state index contributed by atoms with van der Waals surface area (Å²) in [4.78, 5) is 21.6. The van der Waals surface area contributed by atoms with Crippen LogP contribution >= 0.6 is 7.82 Å². The fourth-order valence-corrected chi connectivity index (χ4v) is 0. The molecule has 0 atom stereocenters. The normalized spacial score (nSPS) is 5.90. The average molecular weight is 276 g/mol. The SMILES string of the molecule is O.O=P(O)(O)O.[Ca+2].[Ca+2].[Ca+2].[Ca+2]. The van der Waals surface area contributed by atoms with Crippen LogP contribution in [-0.2, 0) is 4.57 Å². The van der Waals surface area contributed by atoms with Crippen molar-refractivity contribution < 1.29 is 24.7 Å². The van der Waals surface area contributed by atoms with E-state index in [-0.39, 0.29) is 156 Å². The summed E-state index contributed by atoms with van der Waals surface area (Å²) in [6.07, 6.45) is 0. The van der Waals surface area contributed by atoms with Crippen LogP contribution in [0.5, 0.6) is 0 Å². The summed E-state index contributed by atoms with van der Waals surface area (Å²) in [7, 11) is -4.64. The van der Waals surface area contributed by atoms with Gasteiger partial charge in [0.1, 0.15) is 0 Å². The van der Waals surface area contributed by atoms with Crippen LogP contribution in [0.2, 0.25) is 0 Å². The molecule has 0 aromatic rings. The second kappa shape index (κ2) is 19.6. The van der Waals surface area contributed by atoms with Crippen molar-refractivity contribution in [3.8, 4) is 0 Å². The molecule has 10 heavy (non-hydrogen) atoms. The van der Waals surface area contributed by atoms with E-state index in [4.69, 9.17) is 19.2 Å². The van der Waals surface area contributed by atoms with Crippen molar-refractivity contribution in [1.82, 2.24) is 0 Å². The van der Waals surface area contributed by atoms with Crippen LogP contribution in [0.1, 0.15) is 0 Å². The first-order chi connectivity index (χ1) is 2.00. The molecule has 0 heterocycles. The second-order valence-electron chi connectivity index (χ2n) is 0.513. The van der Waals surface area contributed by atoms with Gasteiger partial charge < -0.3 is 20.2 Å². The van der Waals surface area contributed by atoms with Crippen LogP contribution < -0.4 is 0 Å². The van der Waals surface area contributed by atoms with Crippen LogP contribution in [0.3, 0.4) is 0 Å². The molecule has 10 heteroatoms. The number of rotatable bonds is 0.